The molecule has 0 aliphatic rings. The van der Waals surface area contributed by atoms with Crippen molar-refractivity contribution in [3.63, 3.8) is 0 Å². The summed E-state index contributed by atoms with van der Waals surface area (Å²) in [6.45, 7) is 10.6. The molecule has 0 amide bonds. The van der Waals surface area contributed by atoms with E-state index in [1.807, 2.05) is 65.0 Å². The smallest absolute Gasteiger partial charge is 0.125 e. The molecule has 2 rings (SSSR count). The van der Waals surface area contributed by atoms with Crippen LogP contribution in [0.15, 0.2) is 42.5 Å². The molecule has 0 radical (unpaired) electrons. The highest BCUT2D eigenvalue weighted by Gasteiger charge is 2.29. The van der Waals surface area contributed by atoms with Crippen molar-refractivity contribution >= 4 is 12.4 Å². The summed E-state index contributed by atoms with van der Waals surface area (Å²) in [4.78, 5) is 0. The Morgan fingerprint density at radius 1 is 1.04 bits per heavy atom. The number of nitrogens with two attached hydrogens (primary N) is 1. The molecule has 0 aliphatic heterocycles. The Morgan fingerprint density at radius 2 is 1.56 bits per heavy atom. The maximum Gasteiger partial charge on any atom is 0.125 e. The first kappa shape index (κ1) is 21.5. The number of aryl methyl sites for hydroxylation is 2. The Morgan fingerprint density at radius 3 is 2.04 bits per heavy atom. The van der Waals surface area contributed by atoms with E-state index in [0.29, 0.717) is 6.61 Å². The summed E-state index contributed by atoms with van der Waals surface area (Å²) in [5, 5.41) is 10.5. The Hall–Kier alpha value is -1.55. The fraction of sp³-hybridized carbons (Fsp3) is 0.429. The summed E-state index contributed by atoms with van der Waals surface area (Å²) < 4.78 is 6.01. The van der Waals surface area contributed by atoms with Gasteiger partial charge in [0.25, 0.3) is 0 Å². The van der Waals surface area contributed by atoms with E-state index in [2.05, 4.69) is 12.1 Å². The fourth-order valence-corrected chi connectivity index (χ4v) is 2.85. The van der Waals surface area contributed by atoms with Gasteiger partial charge in [-0.15, -0.1) is 12.4 Å². The highest BCUT2D eigenvalue weighted by Crippen LogP contribution is 2.32. The van der Waals surface area contributed by atoms with Gasteiger partial charge in [0, 0.05) is 0 Å². The number of aliphatic hydroxyl groups excluding tert-OH is 1. The van der Waals surface area contributed by atoms with Crippen LogP contribution in [0.25, 0.3) is 0 Å². The van der Waals surface area contributed by atoms with Crippen molar-refractivity contribution in [3.05, 3.63) is 64.7 Å². The Balaban J connectivity index is 0.00000312. The normalized spacial score (nSPS) is 13.7. The van der Waals surface area contributed by atoms with Crippen LogP contribution >= 0.6 is 12.4 Å². The molecule has 4 heteroatoms. The molecule has 0 aromatic heterocycles. The highest BCUT2D eigenvalue weighted by atomic mass is 35.5. The summed E-state index contributed by atoms with van der Waals surface area (Å²) in [6, 6.07) is 13.7. The van der Waals surface area contributed by atoms with Gasteiger partial charge in [-0.05, 0) is 41.5 Å². The standard InChI is InChI=1S/C21H29NO2.ClH/c1-14-11-17(18(22)20(23)21(3,4)5)12-15(2)19(14)24-13-16-9-7-6-8-10-16;/h6-12,18,20,23H,13,22H2,1-5H3;1H/t18-,20-;/m1./s1. The molecule has 0 heterocycles. The number of ether oxygens (including phenoxy) is 1. The SMILES string of the molecule is Cc1cc([C@@H](N)[C@@H](O)C(C)(C)C)cc(C)c1OCc1ccccc1.Cl. The Bertz CT molecular complexity index is 657. The zero-order valence-corrected chi connectivity index (χ0v) is 16.6. The molecular weight excluding hydrogens is 334 g/mol. The molecule has 25 heavy (non-hydrogen) atoms. The first-order chi connectivity index (χ1) is 11.2. The van der Waals surface area contributed by atoms with Crippen LogP contribution in [-0.4, -0.2) is 11.2 Å². The van der Waals surface area contributed by atoms with E-state index < -0.39 is 12.1 Å². The van der Waals surface area contributed by atoms with Crippen molar-refractivity contribution in [1.82, 2.24) is 0 Å². The van der Waals surface area contributed by atoms with E-state index >= 15 is 0 Å². The Kier molecular flexibility index (Phi) is 7.48. The molecule has 0 saturated heterocycles. The average molecular weight is 364 g/mol. The van der Waals surface area contributed by atoms with Gasteiger partial charge in [0.15, 0.2) is 0 Å². The molecule has 2 atom stereocenters. The van der Waals surface area contributed by atoms with E-state index in [1.54, 1.807) is 0 Å². The molecule has 0 bridgehead atoms. The van der Waals surface area contributed by atoms with Gasteiger partial charge in [-0.25, -0.2) is 0 Å². The van der Waals surface area contributed by atoms with Gasteiger partial charge < -0.3 is 15.6 Å². The lowest BCUT2D eigenvalue weighted by molar-refractivity contribution is 0.0400. The minimum atomic E-state index is -0.604. The van der Waals surface area contributed by atoms with Gasteiger partial charge in [0.1, 0.15) is 12.4 Å². The molecular formula is C21H30ClNO2. The third-order valence-corrected chi connectivity index (χ3v) is 4.32. The third-order valence-electron chi connectivity index (χ3n) is 4.32. The van der Waals surface area contributed by atoms with Gasteiger partial charge in [0.2, 0.25) is 0 Å². The average Bonchev–Trinajstić information content (AvgIpc) is 2.52. The van der Waals surface area contributed by atoms with Crippen molar-refractivity contribution < 1.29 is 9.84 Å². The zero-order chi connectivity index (χ0) is 17.9. The summed E-state index contributed by atoms with van der Waals surface area (Å²) in [5.74, 6) is 0.889. The molecule has 0 fully saturated rings. The second-order valence-electron chi connectivity index (χ2n) is 7.59. The number of hydrogen-bond donors (Lipinski definition) is 2. The number of rotatable bonds is 5. The summed E-state index contributed by atoms with van der Waals surface area (Å²) in [6.07, 6.45) is -0.604. The van der Waals surface area contributed by atoms with Crippen LogP contribution in [0.4, 0.5) is 0 Å². The van der Waals surface area contributed by atoms with Crippen molar-refractivity contribution in [3.8, 4) is 5.75 Å². The van der Waals surface area contributed by atoms with E-state index in [0.717, 1.165) is 28.0 Å². The van der Waals surface area contributed by atoms with Gasteiger partial charge in [-0.2, -0.15) is 0 Å². The quantitative estimate of drug-likeness (QED) is 0.808. The minimum absolute atomic E-state index is 0. The largest absolute Gasteiger partial charge is 0.488 e. The maximum absolute atomic E-state index is 10.5. The van der Waals surface area contributed by atoms with Crippen LogP contribution in [0, 0.1) is 19.3 Å². The predicted molar refractivity (Wildman–Crippen MR) is 106 cm³/mol. The molecule has 3 N–H and O–H groups in total. The van der Waals surface area contributed by atoms with E-state index in [4.69, 9.17) is 10.5 Å². The molecule has 3 nitrogen and oxygen atoms in total. The molecule has 0 aliphatic carbocycles. The highest BCUT2D eigenvalue weighted by molar-refractivity contribution is 5.85. The van der Waals surface area contributed by atoms with Crippen LogP contribution in [0.5, 0.6) is 5.75 Å². The second-order valence-corrected chi connectivity index (χ2v) is 7.59. The van der Waals surface area contributed by atoms with E-state index in [-0.39, 0.29) is 17.8 Å². The van der Waals surface area contributed by atoms with Crippen molar-refractivity contribution in [2.24, 2.45) is 11.1 Å². The van der Waals surface area contributed by atoms with Crippen molar-refractivity contribution in [1.29, 1.82) is 0 Å². The number of benzene rings is 2. The van der Waals surface area contributed by atoms with Gasteiger partial charge in [0.05, 0.1) is 12.1 Å². The molecule has 0 saturated carbocycles. The molecule has 0 spiro atoms. The van der Waals surface area contributed by atoms with Crippen LogP contribution in [0.1, 0.15) is 49.1 Å². The maximum atomic E-state index is 10.5. The van der Waals surface area contributed by atoms with Gasteiger partial charge in [-0.1, -0.05) is 63.2 Å². The predicted octanol–water partition coefficient (Wildman–Crippen LogP) is 4.71. The monoisotopic (exact) mass is 363 g/mol. The number of aliphatic hydroxyl groups is 1. The molecule has 2 aromatic rings. The van der Waals surface area contributed by atoms with E-state index in [1.165, 1.54) is 0 Å². The minimum Gasteiger partial charge on any atom is -0.488 e. The van der Waals surface area contributed by atoms with Crippen LogP contribution < -0.4 is 10.5 Å². The Labute approximate surface area is 157 Å². The van der Waals surface area contributed by atoms with Crippen molar-refractivity contribution in [2.45, 2.75) is 53.4 Å². The molecule has 138 valence electrons. The van der Waals surface area contributed by atoms with Crippen molar-refractivity contribution in [2.75, 3.05) is 0 Å². The first-order valence-corrected chi connectivity index (χ1v) is 8.41. The fourth-order valence-electron chi connectivity index (χ4n) is 2.85. The topological polar surface area (TPSA) is 55.5 Å². The lowest BCUT2D eigenvalue weighted by Gasteiger charge is -2.31. The zero-order valence-electron chi connectivity index (χ0n) is 15.7. The second kappa shape index (κ2) is 8.70. The lowest BCUT2D eigenvalue weighted by atomic mass is 9.82. The molecule has 2 aromatic carbocycles. The van der Waals surface area contributed by atoms with Crippen LogP contribution in [-0.2, 0) is 6.61 Å². The van der Waals surface area contributed by atoms with Gasteiger partial charge >= 0.3 is 0 Å². The summed E-state index contributed by atoms with van der Waals surface area (Å²) in [5.41, 5.74) is 10.2. The summed E-state index contributed by atoms with van der Waals surface area (Å²) >= 11 is 0. The van der Waals surface area contributed by atoms with Crippen LogP contribution in [0.3, 0.4) is 0 Å². The van der Waals surface area contributed by atoms with Crippen LogP contribution in [0.2, 0.25) is 0 Å². The first-order valence-electron chi connectivity index (χ1n) is 8.41. The van der Waals surface area contributed by atoms with E-state index in [9.17, 15) is 5.11 Å². The lowest BCUT2D eigenvalue weighted by Crippen LogP contribution is -2.37. The number of hydrogen-bond acceptors (Lipinski definition) is 3. The number of halogens is 1. The summed E-state index contributed by atoms with van der Waals surface area (Å²) in [7, 11) is 0. The third kappa shape index (κ3) is 5.46. The van der Waals surface area contributed by atoms with Gasteiger partial charge in [-0.3, -0.25) is 0 Å². The molecule has 0 unspecified atom stereocenters.